The summed E-state index contributed by atoms with van der Waals surface area (Å²) in [6.07, 6.45) is 7.59. The zero-order valence-corrected chi connectivity index (χ0v) is 15.2. The maximum Gasteiger partial charge on any atom is 0.258 e. The summed E-state index contributed by atoms with van der Waals surface area (Å²) in [4.78, 5) is 32.8. The molecule has 138 valence electrons. The number of amides is 2. The van der Waals surface area contributed by atoms with E-state index in [9.17, 15) is 9.59 Å². The van der Waals surface area contributed by atoms with Crippen molar-refractivity contribution in [3.05, 3.63) is 77.6 Å². The molecule has 0 spiro atoms. The molecule has 0 saturated carbocycles. The summed E-state index contributed by atoms with van der Waals surface area (Å²) in [5.74, 6) is -0.678. The van der Waals surface area contributed by atoms with Crippen molar-refractivity contribution in [3.63, 3.8) is 0 Å². The summed E-state index contributed by atoms with van der Waals surface area (Å²) in [6, 6.07) is 10.0. The van der Waals surface area contributed by atoms with Crippen LogP contribution in [0.1, 0.15) is 27.1 Å². The van der Waals surface area contributed by atoms with Crippen molar-refractivity contribution in [2.24, 2.45) is 0 Å². The molecule has 0 aliphatic heterocycles. The third-order valence-electron chi connectivity index (χ3n) is 3.86. The minimum atomic E-state index is -0.423. The van der Waals surface area contributed by atoms with Crippen LogP contribution >= 0.6 is 11.6 Å². The number of carbonyl (C=O) groups is 2. The van der Waals surface area contributed by atoms with Gasteiger partial charge in [0.15, 0.2) is 0 Å². The number of nitrogens with zero attached hydrogens (tertiary/aromatic N) is 3. The molecule has 0 bridgehead atoms. The highest BCUT2D eigenvalue weighted by molar-refractivity contribution is 6.33. The van der Waals surface area contributed by atoms with Gasteiger partial charge >= 0.3 is 0 Å². The van der Waals surface area contributed by atoms with E-state index in [1.54, 1.807) is 48.9 Å². The van der Waals surface area contributed by atoms with Gasteiger partial charge in [-0.1, -0.05) is 23.7 Å². The van der Waals surface area contributed by atoms with Gasteiger partial charge in [-0.3, -0.25) is 9.59 Å². The highest BCUT2D eigenvalue weighted by atomic mass is 35.5. The Morgan fingerprint density at radius 3 is 2.63 bits per heavy atom. The Morgan fingerprint density at radius 1 is 1.04 bits per heavy atom. The number of carbonyl (C=O) groups excluding carboxylic acids is 2. The molecule has 0 radical (unpaired) electrons. The maximum absolute atomic E-state index is 12.5. The Morgan fingerprint density at radius 2 is 1.85 bits per heavy atom. The molecule has 27 heavy (non-hydrogen) atoms. The van der Waals surface area contributed by atoms with Gasteiger partial charge in [-0.25, -0.2) is 9.97 Å². The minimum Gasteiger partial charge on any atom is -0.352 e. The van der Waals surface area contributed by atoms with Gasteiger partial charge in [0.05, 0.1) is 23.1 Å². The third-order valence-corrected chi connectivity index (χ3v) is 4.16. The Bertz CT molecular complexity index is 927. The first kappa shape index (κ1) is 18.6. The summed E-state index contributed by atoms with van der Waals surface area (Å²) in [6.45, 7) is 1.27. The molecule has 0 unspecified atom stereocenters. The second-order valence-corrected chi connectivity index (χ2v) is 6.11. The van der Waals surface area contributed by atoms with Crippen molar-refractivity contribution in [1.82, 2.24) is 19.9 Å². The molecular formula is C19H18ClN5O2. The number of imidazole rings is 1. The van der Waals surface area contributed by atoms with Gasteiger partial charge in [0, 0.05) is 31.7 Å². The van der Waals surface area contributed by atoms with Crippen LogP contribution in [0.2, 0.25) is 5.15 Å². The lowest BCUT2D eigenvalue weighted by molar-refractivity contribution is 0.0953. The number of pyridine rings is 1. The molecule has 3 rings (SSSR count). The topological polar surface area (TPSA) is 88.9 Å². The summed E-state index contributed by atoms with van der Waals surface area (Å²) < 4.78 is 1.94. The van der Waals surface area contributed by atoms with Crippen molar-refractivity contribution in [2.45, 2.75) is 13.0 Å². The van der Waals surface area contributed by atoms with Crippen molar-refractivity contribution in [3.8, 4) is 0 Å². The van der Waals surface area contributed by atoms with Crippen LogP contribution in [-0.2, 0) is 6.54 Å². The number of aryl methyl sites for hydroxylation is 1. The lowest BCUT2D eigenvalue weighted by Crippen LogP contribution is -2.26. The van der Waals surface area contributed by atoms with Gasteiger partial charge in [-0.2, -0.15) is 0 Å². The Labute approximate surface area is 161 Å². The van der Waals surface area contributed by atoms with E-state index in [1.807, 2.05) is 10.8 Å². The molecule has 0 aliphatic rings. The largest absolute Gasteiger partial charge is 0.352 e. The van der Waals surface area contributed by atoms with Crippen LogP contribution in [0.3, 0.4) is 0 Å². The quantitative estimate of drug-likeness (QED) is 0.485. The van der Waals surface area contributed by atoms with E-state index >= 15 is 0 Å². The molecule has 1 aromatic carbocycles. The molecule has 2 aromatic heterocycles. The second-order valence-electron chi connectivity index (χ2n) is 5.75. The number of para-hydroxylation sites is 1. The van der Waals surface area contributed by atoms with Gasteiger partial charge in [0.2, 0.25) is 0 Å². The average Bonchev–Trinajstić information content (AvgIpc) is 3.19. The van der Waals surface area contributed by atoms with Gasteiger partial charge < -0.3 is 15.2 Å². The number of rotatable bonds is 7. The van der Waals surface area contributed by atoms with Crippen LogP contribution in [0.15, 0.2) is 61.3 Å². The molecule has 0 saturated heterocycles. The van der Waals surface area contributed by atoms with E-state index < -0.39 is 5.91 Å². The van der Waals surface area contributed by atoms with Crippen molar-refractivity contribution in [1.29, 1.82) is 0 Å². The standard InChI is InChI=1S/C19H18ClN5O2/c20-17-15(6-3-8-22-17)19(27)24-16-7-2-1-5-14(16)18(26)23-9-4-11-25-12-10-21-13-25/h1-3,5-8,10,12-13H,4,9,11H2,(H,23,26)(H,24,27). The lowest BCUT2D eigenvalue weighted by Gasteiger charge is -2.12. The number of nitrogens with one attached hydrogen (secondary N) is 2. The zero-order valence-electron chi connectivity index (χ0n) is 14.4. The molecule has 7 nitrogen and oxygen atoms in total. The molecule has 2 N–H and O–H groups in total. The van der Waals surface area contributed by atoms with E-state index in [0.29, 0.717) is 17.8 Å². The summed E-state index contributed by atoms with van der Waals surface area (Å²) in [5, 5.41) is 5.70. The van der Waals surface area contributed by atoms with Gasteiger partial charge in [-0.05, 0) is 30.7 Å². The molecule has 0 atom stereocenters. The van der Waals surface area contributed by atoms with Crippen LogP contribution in [-0.4, -0.2) is 32.9 Å². The summed E-state index contributed by atoms with van der Waals surface area (Å²) >= 11 is 5.96. The molecular weight excluding hydrogens is 366 g/mol. The van der Waals surface area contributed by atoms with E-state index in [4.69, 9.17) is 11.6 Å². The molecule has 2 amide bonds. The van der Waals surface area contributed by atoms with Crippen LogP contribution in [0.4, 0.5) is 5.69 Å². The van der Waals surface area contributed by atoms with Gasteiger partial charge in [0.25, 0.3) is 11.8 Å². The number of hydrogen-bond donors (Lipinski definition) is 2. The smallest absolute Gasteiger partial charge is 0.258 e. The Balaban J connectivity index is 1.62. The fourth-order valence-corrected chi connectivity index (χ4v) is 2.72. The molecule has 0 fully saturated rings. The van der Waals surface area contributed by atoms with Crippen LogP contribution < -0.4 is 10.6 Å². The van der Waals surface area contributed by atoms with E-state index in [2.05, 4.69) is 20.6 Å². The van der Waals surface area contributed by atoms with E-state index in [1.165, 1.54) is 6.20 Å². The highest BCUT2D eigenvalue weighted by Crippen LogP contribution is 2.18. The number of halogens is 1. The normalized spacial score (nSPS) is 10.4. The maximum atomic E-state index is 12.5. The first-order valence-corrected chi connectivity index (χ1v) is 8.78. The van der Waals surface area contributed by atoms with Crippen LogP contribution in [0.25, 0.3) is 0 Å². The van der Waals surface area contributed by atoms with Crippen molar-refractivity contribution >= 4 is 29.1 Å². The van der Waals surface area contributed by atoms with Crippen molar-refractivity contribution in [2.75, 3.05) is 11.9 Å². The number of anilines is 1. The predicted octanol–water partition coefficient (Wildman–Crippen LogP) is 3.00. The fraction of sp³-hybridized carbons (Fsp3) is 0.158. The minimum absolute atomic E-state index is 0.108. The monoisotopic (exact) mass is 383 g/mol. The molecule has 2 heterocycles. The second kappa shape index (κ2) is 8.95. The lowest BCUT2D eigenvalue weighted by atomic mass is 10.1. The first-order chi connectivity index (χ1) is 13.1. The zero-order chi connectivity index (χ0) is 19.1. The number of aromatic nitrogens is 3. The van der Waals surface area contributed by atoms with Gasteiger partial charge in [0.1, 0.15) is 5.15 Å². The van der Waals surface area contributed by atoms with E-state index in [0.717, 1.165) is 13.0 Å². The highest BCUT2D eigenvalue weighted by Gasteiger charge is 2.15. The van der Waals surface area contributed by atoms with Crippen LogP contribution in [0.5, 0.6) is 0 Å². The Hall–Kier alpha value is -3.19. The molecule has 8 heteroatoms. The third kappa shape index (κ3) is 4.92. The summed E-state index contributed by atoms with van der Waals surface area (Å²) in [7, 11) is 0. The SMILES string of the molecule is O=C(NCCCn1ccnc1)c1ccccc1NC(=O)c1cccnc1Cl. The van der Waals surface area contributed by atoms with E-state index in [-0.39, 0.29) is 16.6 Å². The first-order valence-electron chi connectivity index (χ1n) is 8.40. The number of hydrogen-bond acceptors (Lipinski definition) is 4. The predicted molar refractivity (Wildman–Crippen MR) is 103 cm³/mol. The average molecular weight is 384 g/mol. The number of benzene rings is 1. The Kier molecular flexibility index (Phi) is 6.17. The fourth-order valence-electron chi connectivity index (χ4n) is 2.51. The van der Waals surface area contributed by atoms with Crippen molar-refractivity contribution < 1.29 is 9.59 Å². The molecule has 0 aliphatic carbocycles. The van der Waals surface area contributed by atoms with Gasteiger partial charge in [-0.15, -0.1) is 0 Å². The summed E-state index contributed by atoms with van der Waals surface area (Å²) in [5.41, 5.74) is 1.04. The molecule has 3 aromatic rings. The van der Waals surface area contributed by atoms with Crippen LogP contribution in [0, 0.1) is 0 Å².